The molecule has 0 amide bonds. The number of nitrogens with one attached hydrogen (secondary N) is 2. The molecular formula is C49H91N3O6. The summed E-state index contributed by atoms with van der Waals surface area (Å²) >= 11 is 0. The normalized spacial score (nSPS) is 11.7. The maximum Gasteiger partial charge on any atom is 0.305 e. The Morgan fingerprint density at radius 3 is 1.43 bits per heavy atom. The van der Waals surface area contributed by atoms with E-state index in [1.165, 1.54) is 103 Å². The van der Waals surface area contributed by atoms with E-state index in [9.17, 15) is 19.2 Å². The standard InChI is InChI=1S/C49H91N3O6/c1-6-10-20-29-42(30-21-11-7-2)35-40-57-44(53)33-24-16-14-18-26-37-52(39-28-36-51-47-46(50-5)48(55)49(47)56)38-27-19-15-17-25-34-45(54)58-41-43(31-22-12-8-3)32-23-13-9-4/h42-43,50-51H,6-41H2,1-5H3. The molecule has 1 aromatic carbocycles. The number of hydrogen-bond acceptors (Lipinski definition) is 9. The molecule has 0 aromatic heterocycles. The van der Waals surface area contributed by atoms with Crippen molar-refractivity contribution in [1.29, 1.82) is 0 Å². The second-order valence-corrected chi connectivity index (χ2v) is 17.2. The van der Waals surface area contributed by atoms with Gasteiger partial charge in [-0.05, 0) is 82.8 Å². The molecular weight excluding hydrogens is 727 g/mol. The van der Waals surface area contributed by atoms with Crippen LogP contribution in [0, 0.1) is 11.8 Å². The van der Waals surface area contributed by atoms with Crippen LogP contribution in [0.1, 0.15) is 220 Å². The third-order valence-electron chi connectivity index (χ3n) is 12.0. The SMILES string of the molecule is CCCCCC(CCCCC)CCOC(=O)CCCCCCCN(CCCCCCCC(=O)OCC(CCCCC)CCCCC)CCCNc1c(NC)c(=O)c1=O. The van der Waals surface area contributed by atoms with E-state index in [1.54, 1.807) is 7.05 Å². The van der Waals surface area contributed by atoms with Gasteiger partial charge in [0.05, 0.1) is 13.2 Å². The van der Waals surface area contributed by atoms with E-state index < -0.39 is 10.9 Å². The van der Waals surface area contributed by atoms with Gasteiger partial charge in [-0.15, -0.1) is 0 Å². The van der Waals surface area contributed by atoms with Gasteiger partial charge in [0, 0.05) is 26.4 Å². The molecule has 1 rings (SSSR count). The molecule has 0 saturated carbocycles. The van der Waals surface area contributed by atoms with Gasteiger partial charge in [0.15, 0.2) is 0 Å². The van der Waals surface area contributed by atoms with E-state index in [-0.39, 0.29) is 11.9 Å². The molecule has 1 aromatic rings. The predicted octanol–water partition coefficient (Wildman–Crippen LogP) is 12.1. The Kier molecular flexibility index (Phi) is 34.7. The minimum absolute atomic E-state index is 0.0315. The molecule has 0 aliphatic rings. The molecule has 0 aliphatic heterocycles. The molecule has 0 unspecified atom stereocenters. The van der Waals surface area contributed by atoms with Crippen molar-refractivity contribution in [3.05, 3.63) is 20.4 Å². The first-order valence-electron chi connectivity index (χ1n) is 24.6. The lowest BCUT2D eigenvalue weighted by Gasteiger charge is -2.23. The number of anilines is 2. The summed E-state index contributed by atoms with van der Waals surface area (Å²) in [4.78, 5) is 51.2. The van der Waals surface area contributed by atoms with Crippen LogP contribution in [0.5, 0.6) is 0 Å². The Morgan fingerprint density at radius 1 is 0.500 bits per heavy atom. The maximum atomic E-state index is 12.5. The Balaban J connectivity index is 2.36. The second kappa shape index (κ2) is 37.6. The van der Waals surface area contributed by atoms with Gasteiger partial charge < -0.3 is 25.0 Å². The molecule has 9 nitrogen and oxygen atoms in total. The van der Waals surface area contributed by atoms with E-state index in [2.05, 4.69) is 43.2 Å². The zero-order valence-corrected chi connectivity index (χ0v) is 38.5. The molecule has 0 saturated heterocycles. The Hall–Kier alpha value is -2.42. The fourth-order valence-corrected chi connectivity index (χ4v) is 8.09. The highest BCUT2D eigenvalue weighted by Crippen LogP contribution is 2.22. The van der Waals surface area contributed by atoms with Crippen molar-refractivity contribution in [2.45, 2.75) is 220 Å². The number of nitrogens with zero attached hydrogens (tertiary/aromatic N) is 1. The Bertz CT molecular complexity index is 1180. The maximum absolute atomic E-state index is 12.5. The molecule has 0 fully saturated rings. The summed E-state index contributed by atoms with van der Waals surface area (Å²) in [7, 11) is 1.67. The highest BCUT2D eigenvalue weighted by molar-refractivity contribution is 5.73. The fraction of sp³-hybridized carbons (Fsp3) is 0.878. The van der Waals surface area contributed by atoms with Crippen LogP contribution in [0.3, 0.4) is 0 Å². The second-order valence-electron chi connectivity index (χ2n) is 17.2. The molecule has 0 radical (unpaired) electrons. The molecule has 0 spiro atoms. The summed E-state index contributed by atoms with van der Waals surface area (Å²) in [5.41, 5.74) is -0.0636. The topological polar surface area (TPSA) is 114 Å². The molecule has 58 heavy (non-hydrogen) atoms. The van der Waals surface area contributed by atoms with E-state index in [0.717, 1.165) is 96.7 Å². The number of hydrogen-bond donors (Lipinski definition) is 2. The van der Waals surface area contributed by atoms with Crippen LogP contribution in [0.15, 0.2) is 9.59 Å². The molecule has 338 valence electrons. The van der Waals surface area contributed by atoms with Crippen LogP contribution in [-0.2, 0) is 19.1 Å². The van der Waals surface area contributed by atoms with E-state index in [4.69, 9.17) is 9.47 Å². The van der Waals surface area contributed by atoms with E-state index in [0.29, 0.717) is 55.8 Å². The van der Waals surface area contributed by atoms with Crippen molar-refractivity contribution in [1.82, 2.24) is 4.90 Å². The monoisotopic (exact) mass is 818 g/mol. The molecule has 0 bridgehead atoms. The van der Waals surface area contributed by atoms with Crippen LogP contribution in [0.4, 0.5) is 11.4 Å². The zero-order chi connectivity index (χ0) is 42.5. The van der Waals surface area contributed by atoms with Gasteiger partial charge in [-0.1, -0.05) is 156 Å². The van der Waals surface area contributed by atoms with Crippen molar-refractivity contribution in [3.8, 4) is 0 Å². The van der Waals surface area contributed by atoms with Gasteiger partial charge in [0.25, 0.3) is 10.9 Å². The number of carbonyl (C=O) groups excluding carboxylic acids is 2. The number of rotatable bonds is 43. The van der Waals surface area contributed by atoms with E-state index >= 15 is 0 Å². The first kappa shape index (κ1) is 53.6. The smallest absolute Gasteiger partial charge is 0.305 e. The van der Waals surface area contributed by atoms with Gasteiger partial charge in [-0.2, -0.15) is 0 Å². The molecule has 0 heterocycles. The highest BCUT2D eigenvalue weighted by atomic mass is 16.5. The average molecular weight is 818 g/mol. The van der Waals surface area contributed by atoms with Crippen LogP contribution >= 0.6 is 0 Å². The highest BCUT2D eigenvalue weighted by Gasteiger charge is 2.19. The summed E-state index contributed by atoms with van der Waals surface area (Å²) in [6.07, 6.45) is 33.6. The lowest BCUT2D eigenvalue weighted by atomic mass is 9.92. The molecule has 0 aliphatic carbocycles. The van der Waals surface area contributed by atoms with Gasteiger partial charge in [-0.25, -0.2) is 0 Å². The average Bonchev–Trinajstić information content (AvgIpc) is 3.22. The summed E-state index contributed by atoms with van der Waals surface area (Å²) in [5, 5.41) is 6.01. The molecule has 2 N–H and O–H groups in total. The van der Waals surface area contributed by atoms with Crippen molar-refractivity contribution in [2.24, 2.45) is 11.8 Å². The largest absolute Gasteiger partial charge is 0.466 e. The minimum atomic E-state index is -0.441. The minimum Gasteiger partial charge on any atom is -0.466 e. The number of ether oxygens (including phenoxy) is 2. The van der Waals surface area contributed by atoms with Gasteiger partial charge in [0.2, 0.25) is 0 Å². The van der Waals surface area contributed by atoms with Crippen molar-refractivity contribution in [3.63, 3.8) is 0 Å². The van der Waals surface area contributed by atoms with Crippen LogP contribution in [-0.4, -0.2) is 63.3 Å². The summed E-state index contributed by atoms with van der Waals surface area (Å²) in [5.74, 6) is 1.13. The van der Waals surface area contributed by atoms with Crippen molar-refractivity contribution < 1.29 is 19.1 Å². The van der Waals surface area contributed by atoms with Crippen LogP contribution in [0.2, 0.25) is 0 Å². The third-order valence-corrected chi connectivity index (χ3v) is 12.0. The quantitative estimate of drug-likeness (QED) is 0.0378. The number of esters is 2. The van der Waals surface area contributed by atoms with Gasteiger partial charge in [-0.3, -0.25) is 19.2 Å². The van der Waals surface area contributed by atoms with Crippen molar-refractivity contribution >= 4 is 23.3 Å². The fourth-order valence-electron chi connectivity index (χ4n) is 8.09. The first-order chi connectivity index (χ1) is 28.3. The first-order valence-corrected chi connectivity index (χ1v) is 24.6. The summed E-state index contributed by atoms with van der Waals surface area (Å²) < 4.78 is 11.4. The number of unbranched alkanes of at least 4 members (excludes halogenated alkanes) is 16. The zero-order valence-electron chi connectivity index (χ0n) is 38.5. The van der Waals surface area contributed by atoms with Crippen LogP contribution in [0.25, 0.3) is 0 Å². The number of carbonyl (C=O) groups is 2. The third kappa shape index (κ3) is 27.4. The molecule has 9 heteroatoms. The predicted molar refractivity (Wildman–Crippen MR) is 246 cm³/mol. The molecule has 0 atom stereocenters. The van der Waals surface area contributed by atoms with E-state index in [1.807, 2.05) is 0 Å². The van der Waals surface area contributed by atoms with Crippen LogP contribution < -0.4 is 21.5 Å². The Labute approximate surface area is 356 Å². The Morgan fingerprint density at radius 2 is 0.931 bits per heavy atom. The summed E-state index contributed by atoms with van der Waals surface area (Å²) in [6, 6.07) is 0. The van der Waals surface area contributed by atoms with Gasteiger partial charge >= 0.3 is 11.9 Å². The summed E-state index contributed by atoms with van der Waals surface area (Å²) in [6.45, 7) is 13.8. The lowest BCUT2D eigenvalue weighted by molar-refractivity contribution is -0.145. The lowest BCUT2D eigenvalue weighted by Crippen LogP contribution is -2.37. The van der Waals surface area contributed by atoms with Gasteiger partial charge in [0.1, 0.15) is 11.4 Å². The van der Waals surface area contributed by atoms with Crippen molar-refractivity contribution in [2.75, 3.05) is 57.1 Å².